The third-order valence-electron chi connectivity index (χ3n) is 1.44. The van der Waals surface area contributed by atoms with Gasteiger partial charge in [-0.2, -0.15) is 50.5 Å². The van der Waals surface area contributed by atoms with Crippen LogP contribution in [0.15, 0.2) is 0 Å². The first-order valence-electron chi connectivity index (χ1n) is 6.33. The first kappa shape index (κ1) is 36.4. The van der Waals surface area contributed by atoms with Gasteiger partial charge in [0.2, 0.25) is 0 Å². The molecule has 0 aliphatic carbocycles. The summed E-state index contributed by atoms with van der Waals surface area (Å²) >= 11 is 14.7. The van der Waals surface area contributed by atoms with E-state index in [-0.39, 0.29) is 17.1 Å². The van der Waals surface area contributed by atoms with Gasteiger partial charge in [-0.25, -0.2) is 0 Å². The van der Waals surface area contributed by atoms with Gasteiger partial charge in [0.05, 0.1) is 0 Å². The van der Waals surface area contributed by atoms with Crippen molar-refractivity contribution in [1.29, 1.82) is 0 Å². The summed E-state index contributed by atoms with van der Waals surface area (Å²) in [5, 5.41) is 0. The fourth-order valence-electron chi connectivity index (χ4n) is 0.172. The summed E-state index contributed by atoms with van der Waals surface area (Å²) in [7, 11) is 0. The molecule has 0 saturated heterocycles. The maximum atomic E-state index is 9.50. The average molecular weight is 472 g/mol. The number of hydrogen-bond donors (Lipinski definition) is 4. The minimum absolute atomic E-state index is 0. The number of rotatable bonds is 8. The summed E-state index contributed by atoms with van der Waals surface area (Å²) in [5.74, 6) is 1.29. The number of aldehydes is 4. The molecule has 0 fully saturated rings. The topological polar surface area (TPSA) is 163 Å². The number of thiol groups is 4. The van der Waals surface area contributed by atoms with Crippen LogP contribution in [0.25, 0.3) is 22.9 Å². The fraction of sp³-hybridized carbons (Fsp3) is 0.667. The monoisotopic (exact) mass is 472 g/mol. The van der Waals surface area contributed by atoms with E-state index in [0.29, 0.717) is 48.2 Å². The Balaban J connectivity index is -0.0000000702. The summed E-state index contributed by atoms with van der Waals surface area (Å²) in [4.78, 5) is 38.0. The van der Waals surface area contributed by atoms with E-state index in [2.05, 4.69) is 50.5 Å². The number of carbonyl (C=O) groups is 4. The maximum absolute atomic E-state index is 9.50. The molecule has 0 rings (SSSR count). The molecule has 0 aromatic carbocycles. The molecule has 4 atom stereocenters. The normalized spacial score (nSPS) is 13.1. The Bertz CT molecular complexity index is 254. The van der Waals surface area contributed by atoms with Crippen molar-refractivity contribution in [3.05, 3.63) is 22.9 Å². The van der Waals surface area contributed by atoms with Gasteiger partial charge in [0, 0.05) is 0 Å². The van der Waals surface area contributed by atoms with Crippen LogP contribution in [0.5, 0.6) is 0 Å². The molecule has 148 valence electrons. The van der Waals surface area contributed by atoms with Crippen molar-refractivity contribution in [2.45, 2.75) is 24.2 Å². The van der Waals surface area contributed by atoms with Gasteiger partial charge in [0.15, 0.2) is 0 Å². The van der Waals surface area contributed by atoms with Crippen LogP contribution in [0.2, 0.25) is 0 Å². The van der Waals surface area contributed by atoms with Gasteiger partial charge in [-0.3, -0.25) is 0 Å². The molecule has 0 aromatic rings. The van der Waals surface area contributed by atoms with Gasteiger partial charge in [-0.05, 0) is 23.0 Å². The molecule has 13 heteroatoms. The Labute approximate surface area is 181 Å². The van der Waals surface area contributed by atoms with Gasteiger partial charge in [0.25, 0.3) is 0 Å². The molecule has 0 amide bonds. The second-order valence-corrected chi connectivity index (χ2v) is 5.16. The van der Waals surface area contributed by atoms with E-state index in [4.69, 9.17) is 22.9 Å². The first-order valence-corrected chi connectivity index (χ1v) is 8.86. The average Bonchev–Trinajstić information content (AvgIpc) is 2.66. The van der Waals surface area contributed by atoms with Crippen molar-refractivity contribution in [3.8, 4) is 0 Å². The van der Waals surface area contributed by atoms with Crippen molar-refractivity contribution in [3.63, 3.8) is 0 Å². The minimum atomic E-state index is -0.631. The molecule has 0 spiro atoms. The molecule has 0 saturated carbocycles. The van der Waals surface area contributed by atoms with Crippen LogP contribution in [-0.2, 0) is 36.2 Å². The molecule has 0 unspecified atom stereocenters. The van der Waals surface area contributed by atoms with Crippen LogP contribution in [0, 0.1) is 0 Å². The summed E-state index contributed by atoms with van der Waals surface area (Å²) in [6, 6.07) is -2.52. The number of nitrogens with one attached hydrogen (secondary N) is 4. The zero-order valence-electron chi connectivity index (χ0n) is 13.2. The van der Waals surface area contributed by atoms with E-state index in [1.165, 1.54) is 0 Å². The number of hydrogen-bond acceptors (Lipinski definition) is 8. The van der Waals surface area contributed by atoms with E-state index in [1.54, 1.807) is 0 Å². The molecule has 25 heavy (non-hydrogen) atoms. The molecule has 8 nitrogen and oxygen atoms in total. The quantitative estimate of drug-likeness (QED) is 0.242. The SMILES string of the molecule is [Fe+4].[NH-][C@H](C=O)CS.[NH-][C@H](C=O)CS.[NH-][C@H](C=O)CS.[NH-][C@H](C=O)CS. The molecule has 0 aromatic heterocycles. The third kappa shape index (κ3) is 45.5. The molecular weight excluding hydrogens is 448 g/mol. The van der Waals surface area contributed by atoms with Gasteiger partial charge in [-0.15, -0.1) is 0 Å². The molecule has 0 aliphatic heterocycles. The maximum Gasteiger partial charge on any atom is 4.00 e. The smallest absolute Gasteiger partial charge is 0.668 e. The van der Waals surface area contributed by atoms with E-state index in [0.717, 1.165) is 0 Å². The summed E-state index contributed by atoms with van der Waals surface area (Å²) < 4.78 is 0. The fourth-order valence-corrected chi connectivity index (χ4v) is 0.516. The zero-order valence-corrected chi connectivity index (χ0v) is 17.9. The summed E-state index contributed by atoms with van der Waals surface area (Å²) in [5.41, 5.74) is 26.5. The van der Waals surface area contributed by atoms with Crippen LogP contribution in [-0.4, -0.2) is 72.3 Å². The number of carbonyl (C=O) groups excluding carboxylic acids is 4. The predicted octanol–water partition coefficient (Wildman–Crippen LogP) is 2.14. The largest absolute Gasteiger partial charge is 4.00 e. The van der Waals surface area contributed by atoms with E-state index in [1.807, 2.05) is 0 Å². The van der Waals surface area contributed by atoms with Crippen LogP contribution in [0.1, 0.15) is 0 Å². The minimum Gasteiger partial charge on any atom is -0.668 e. The summed E-state index contributed by atoms with van der Waals surface area (Å²) in [6.07, 6.45) is 2.25. The Morgan fingerprint density at radius 3 is 0.640 bits per heavy atom. The molecular formula is C12H24FeN4O4S4. The van der Waals surface area contributed by atoms with Gasteiger partial charge in [0.1, 0.15) is 25.1 Å². The Kier molecular flexibility index (Phi) is 46.8. The van der Waals surface area contributed by atoms with Gasteiger partial charge >= 0.3 is 17.1 Å². The molecule has 0 aliphatic rings. The zero-order chi connectivity index (χ0) is 20.0. The summed E-state index contributed by atoms with van der Waals surface area (Å²) in [6.45, 7) is 0. The molecule has 0 radical (unpaired) electrons. The Morgan fingerprint density at radius 2 is 0.640 bits per heavy atom. The first-order chi connectivity index (χ1) is 11.2. The Hall–Kier alpha value is 0.439. The molecule has 4 N–H and O–H groups in total. The van der Waals surface area contributed by atoms with E-state index in [9.17, 15) is 19.2 Å². The van der Waals surface area contributed by atoms with Crippen molar-refractivity contribution in [2.24, 2.45) is 0 Å². The van der Waals surface area contributed by atoms with Gasteiger partial charge in [-0.1, -0.05) is 24.2 Å². The van der Waals surface area contributed by atoms with Crippen LogP contribution >= 0.6 is 50.5 Å². The second-order valence-electron chi connectivity index (χ2n) is 3.70. The third-order valence-corrected chi connectivity index (χ3v) is 3.02. The van der Waals surface area contributed by atoms with Crippen LogP contribution in [0.4, 0.5) is 0 Å². The van der Waals surface area contributed by atoms with E-state index < -0.39 is 24.2 Å². The van der Waals surface area contributed by atoms with Crippen molar-refractivity contribution in [2.75, 3.05) is 23.0 Å². The molecule has 0 heterocycles. The van der Waals surface area contributed by atoms with Crippen molar-refractivity contribution >= 4 is 75.7 Å². The Morgan fingerprint density at radius 1 is 0.520 bits per heavy atom. The van der Waals surface area contributed by atoms with Crippen molar-refractivity contribution in [1.82, 2.24) is 0 Å². The van der Waals surface area contributed by atoms with Crippen LogP contribution < -0.4 is 0 Å². The molecule has 0 bridgehead atoms. The van der Waals surface area contributed by atoms with Gasteiger partial charge < -0.3 is 42.1 Å². The van der Waals surface area contributed by atoms with Crippen LogP contribution in [0.3, 0.4) is 0 Å². The van der Waals surface area contributed by atoms with E-state index >= 15 is 0 Å². The standard InChI is InChI=1S/4C3H6NOS.Fe/c4*4-3(1-5)2-6;/h4*1,3-4,6H,2H2;/q4*-1;+4/t4*3-;/m1111./s1. The van der Waals surface area contributed by atoms with Crippen molar-refractivity contribution < 1.29 is 36.2 Å². The second kappa shape index (κ2) is 32.1. The predicted molar refractivity (Wildman–Crippen MR) is 112 cm³/mol.